The van der Waals surface area contributed by atoms with Crippen molar-refractivity contribution in [3.8, 4) is 0 Å². The standard InChI is InChI=1S/C16H27N3O3S2.CH2O2/c1-14-6-12-23-15(14)16(20)19-9-4-7-18(10-11-19)8-5-13-24(21,22)17(2)3;2-1-3/h6,12H,4-5,7-11,13H2,1-3H3;1H,(H,2,3). The zero-order valence-corrected chi connectivity index (χ0v) is 17.8. The molecule has 2 rings (SSSR count). The molecule has 1 saturated heterocycles. The van der Waals surface area contributed by atoms with E-state index < -0.39 is 10.0 Å². The Labute approximate surface area is 165 Å². The summed E-state index contributed by atoms with van der Waals surface area (Å²) < 4.78 is 24.9. The molecular weight excluding hydrogens is 390 g/mol. The number of aryl methyl sites for hydroxylation is 1. The highest BCUT2D eigenvalue weighted by atomic mass is 32.2. The summed E-state index contributed by atoms with van der Waals surface area (Å²) in [6.45, 7) is 5.67. The second kappa shape index (κ2) is 11.4. The normalized spacial score (nSPS) is 15.8. The minimum absolute atomic E-state index is 0.125. The predicted molar refractivity (Wildman–Crippen MR) is 107 cm³/mol. The Balaban J connectivity index is 0.00000114. The molecule has 1 aliphatic rings. The molecule has 8 nitrogen and oxygen atoms in total. The van der Waals surface area contributed by atoms with Gasteiger partial charge in [0.2, 0.25) is 10.0 Å². The van der Waals surface area contributed by atoms with Crippen molar-refractivity contribution in [2.24, 2.45) is 0 Å². The summed E-state index contributed by atoms with van der Waals surface area (Å²) in [5, 5.41) is 8.85. The number of sulfonamides is 1. The van der Waals surface area contributed by atoms with Gasteiger partial charge in [-0.25, -0.2) is 12.7 Å². The van der Waals surface area contributed by atoms with E-state index in [2.05, 4.69) is 4.90 Å². The van der Waals surface area contributed by atoms with Crippen LogP contribution in [0.1, 0.15) is 28.1 Å². The van der Waals surface area contributed by atoms with Crippen LogP contribution >= 0.6 is 11.3 Å². The van der Waals surface area contributed by atoms with Crippen molar-refractivity contribution in [3.63, 3.8) is 0 Å². The number of hydrogen-bond acceptors (Lipinski definition) is 6. The summed E-state index contributed by atoms with van der Waals surface area (Å²) in [6.07, 6.45) is 1.55. The third kappa shape index (κ3) is 7.57. The predicted octanol–water partition coefficient (Wildman–Crippen LogP) is 1.19. The van der Waals surface area contributed by atoms with E-state index in [4.69, 9.17) is 9.90 Å². The van der Waals surface area contributed by atoms with Crippen LogP contribution in [-0.2, 0) is 14.8 Å². The third-order valence-corrected chi connectivity index (χ3v) is 7.29. The lowest BCUT2D eigenvalue weighted by molar-refractivity contribution is -0.122. The quantitative estimate of drug-likeness (QED) is 0.696. The lowest BCUT2D eigenvalue weighted by Crippen LogP contribution is -2.35. The van der Waals surface area contributed by atoms with Crippen LogP contribution in [0.25, 0.3) is 0 Å². The first kappa shape index (κ1) is 23.5. The lowest BCUT2D eigenvalue weighted by atomic mass is 10.2. The summed E-state index contributed by atoms with van der Waals surface area (Å²) >= 11 is 1.50. The van der Waals surface area contributed by atoms with Gasteiger partial charge in [-0.05, 0) is 49.9 Å². The fraction of sp³-hybridized carbons (Fsp3) is 0.647. The van der Waals surface area contributed by atoms with E-state index in [9.17, 15) is 13.2 Å². The molecule has 0 bridgehead atoms. The first-order valence-corrected chi connectivity index (χ1v) is 11.3. The van der Waals surface area contributed by atoms with Crippen LogP contribution in [0.2, 0.25) is 0 Å². The monoisotopic (exact) mass is 419 g/mol. The molecule has 1 aromatic heterocycles. The highest BCUT2D eigenvalue weighted by Gasteiger charge is 2.22. The Bertz CT molecular complexity index is 703. The van der Waals surface area contributed by atoms with Crippen LogP contribution in [0.4, 0.5) is 0 Å². The summed E-state index contributed by atoms with van der Waals surface area (Å²) in [5.41, 5.74) is 1.04. The number of rotatable bonds is 6. The van der Waals surface area contributed by atoms with Gasteiger partial charge in [0.25, 0.3) is 12.4 Å². The molecule has 0 saturated carbocycles. The SMILES string of the molecule is Cc1ccsc1C(=O)N1CCCN(CCCS(=O)(=O)N(C)C)CC1.O=CO. The van der Waals surface area contributed by atoms with E-state index in [0.717, 1.165) is 43.0 Å². The van der Waals surface area contributed by atoms with Gasteiger partial charge in [-0.2, -0.15) is 0 Å². The smallest absolute Gasteiger partial charge is 0.290 e. The largest absolute Gasteiger partial charge is 0.483 e. The molecule has 0 atom stereocenters. The Morgan fingerprint density at radius 2 is 1.96 bits per heavy atom. The number of hydrogen-bond donors (Lipinski definition) is 1. The van der Waals surface area contributed by atoms with Gasteiger partial charge in [-0.15, -0.1) is 11.3 Å². The van der Waals surface area contributed by atoms with Crippen molar-refractivity contribution < 1.29 is 23.1 Å². The van der Waals surface area contributed by atoms with Gasteiger partial charge in [0.05, 0.1) is 10.6 Å². The molecule has 154 valence electrons. The third-order valence-electron chi connectivity index (χ3n) is 4.37. The number of carbonyl (C=O) groups excluding carboxylic acids is 1. The zero-order chi connectivity index (χ0) is 20.4. The van der Waals surface area contributed by atoms with E-state index in [0.29, 0.717) is 13.0 Å². The summed E-state index contributed by atoms with van der Waals surface area (Å²) in [4.78, 5) is 26.0. The number of nitrogens with zero attached hydrogens (tertiary/aromatic N) is 3. The van der Waals surface area contributed by atoms with Crippen molar-refractivity contribution in [2.75, 3.05) is 52.6 Å². The minimum atomic E-state index is -3.12. The molecule has 0 radical (unpaired) electrons. The van der Waals surface area contributed by atoms with Crippen LogP contribution in [0.5, 0.6) is 0 Å². The highest BCUT2D eigenvalue weighted by Crippen LogP contribution is 2.19. The maximum atomic E-state index is 12.6. The van der Waals surface area contributed by atoms with Crippen molar-refractivity contribution >= 4 is 33.7 Å². The molecule has 1 N–H and O–H groups in total. The molecule has 1 aliphatic heterocycles. The minimum Gasteiger partial charge on any atom is -0.483 e. The zero-order valence-electron chi connectivity index (χ0n) is 16.1. The number of carboxylic acid groups (broad SMARTS) is 1. The molecule has 0 aromatic carbocycles. The molecule has 10 heteroatoms. The second-order valence-electron chi connectivity index (χ2n) is 6.48. The van der Waals surface area contributed by atoms with Crippen LogP contribution in [0, 0.1) is 6.92 Å². The van der Waals surface area contributed by atoms with E-state index in [-0.39, 0.29) is 18.1 Å². The van der Waals surface area contributed by atoms with E-state index in [1.165, 1.54) is 15.6 Å². The average Bonchev–Trinajstić information content (AvgIpc) is 2.89. The van der Waals surface area contributed by atoms with Gasteiger partial charge in [0, 0.05) is 33.7 Å². The van der Waals surface area contributed by atoms with Crippen molar-refractivity contribution in [1.82, 2.24) is 14.1 Å². The molecular formula is C17H29N3O5S2. The Kier molecular flexibility index (Phi) is 9.92. The van der Waals surface area contributed by atoms with Crippen LogP contribution in [0.3, 0.4) is 0 Å². The van der Waals surface area contributed by atoms with Crippen LogP contribution in [0.15, 0.2) is 11.4 Å². The van der Waals surface area contributed by atoms with Crippen molar-refractivity contribution in [3.05, 3.63) is 21.9 Å². The Morgan fingerprint density at radius 1 is 1.30 bits per heavy atom. The van der Waals surface area contributed by atoms with Crippen molar-refractivity contribution in [2.45, 2.75) is 19.8 Å². The number of amides is 1. The van der Waals surface area contributed by atoms with Gasteiger partial charge >= 0.3 is 0 Å². The first-order chi connectivity index (χ1) is 12.7. The van der Waals surface area contributed by atoms with Crippen LogP contribution in [-0.4, -0.2) is 92.6 Å². The summed E-state index contributed by atoms with van der Waals surface area (Å²) in [7, 11) is 0.0104. The lowest BCUT2D eigenvalue weighted by Gasteiger charge is -2.22. The van der Waals surface area contributed by atoms with Crippen molar-refractivity contribution in [1.29, 1.82) is 0 Å². The molecule has 2 heterocycles. The van der Waals surface area contributed by atoms with Gasteiger partial charge in [-0.3, -0.25) is 9.59 Å². The molecule has 0 unspecified atom stereocenters. The number of thiophene rings is 1. The molecule has 1 fully saturated rings. The maximum absolute atomic E-state index is 12.6. The summed E-state index contributed by atoms with van der Waals surface area (Å²) in [6, 6.07) is 1.98. The fourth-order valence-electron chi connectivity index (χ4n) is 2.79. The fourth-order valence-corrected chi connectivity index (χ4v) is 4.54. The van der Waals surface area contributed by atoms with Gasteiger partial charge in [0.1, 0.15) is 0 Å². The molecule has 1 aromatic rings. The Morgan fingerprint density at radius 3 is 2.52 bits per heavy atom. The number of carbonyl (C=O) groups is 2. The maximum Gasteiger partial charge on any atom is 0.290 e. The highest BCUT2D eigenvalue weighted by molar-refractivity contribution is 7.89. The topological polar surface area (TPSA) is 98.2 Å². The summed E-state index contributed by atoms with van der Waals surface area (Å²) in [5.74, 6) is 0.299. The van der Waals surface area contributed by atoms with E-state index in [1.807, 2.05) is 23.3 Å². The molecule has 0 spiro atoms. The molecule has 27 heavy (non-hydrogen) atoms. The van der Waals surface area contributed by atoms with E-state index >= 15 is 0 Å². The first-order valence-electron chi connectivity index (χ1n) is 8.76. The second-order valence-corrected chi connectivity index (χ2v) is 9.70. The van der Waals surface area contributed by atoms with Gasteiger partial charge < -0.3 is 14.9 Å². The van der Waals surface area contributed by atoms with Gasteiger partial charge in [0.15, 0.2) is 0 Å². The molecule has 0 aliphatic carbocycles. The molecule has 1 amide bonds. The van der Waals surface area contributed by atoms with Crippen LogP contribution < -0.4 is 0 Å². The average molecular weight is 420 g/mol. The van der Waals surface area contributed by atoms with E-state index in [1.54, 1.807) is 14.1 Å². The van der Waals surface area contributed by atoms with Gasteiger partial charge in [-0.1, -0.05) is 0 Å². The Hall–Kier alpha value is -1.49.